The molecule has 0 N–H and O–H groups in total. The highest BCUT2D eigenvalue weighted by atomic mass is 32.3. The molecule has 0 bridgehead atoms. The van der Waals surface area contributed by atoms with Crippen LogP contribution in [0.4, 0.5) is 0 Å². The SMILES string of the molecule is COc1ccccc1C1CC(N(S(=O)(=O)c2ccc(C)cc2)S(=O)(=O)c2ccc(C)cc2)=CO1. The third kappa shape index (κ3) is 4.41. The van der Waals surface area contributed by atoms with Crippen LogP contribution in [-0.2, 0) is 24.8 Å². The third-order valence-electron chi connectivity index (χ3n) is 5.56. The maximum Gasteiger partial charge on any atom is 0.277 e. The second kappa shape index (κ2) is 9.15. The highest BCUT2D eigenvalue weighted by Crippen LogP contribution is 2.41. The molecule has 0 aliphatic carbocycles. The van der Waals surface area contributed by atoms with E-state index < -0.39 is 26.2 Å². The Morgan fingerprint density at radius 1 is 0.794 bits per heavy atom. The Morgan fingerprint density at radius 3 is 1.79 bits per heavy atom. The van der Waals surface area contributed by atoms with Crippen LogP contribution >= 0.6 is 0 Å². The quantitative estimate of drug-likeness (QED) is 0.468. The van der Waals surface area contributed by atoms with Crippen molar-refractivity contribution in [3.05, 3.63) is 101 Å². The van der Waals surface area contributed by atoms with E-state index in [-0.39, 0.29) is 21.9 Å². The van der Waals surface area contributed by atoms with Gasteiger partial charge in [-0.05, 0) is 44.2 Å². The number of para-hydroxylation sites is 1. The van der Waals surface area contributed by atoms with Gasteiger partial charge >= 0.3 is 0 Å². The number of ether oxygens (including phenoxy) is 2. The van der Waals surface area contributed by atoms with Gasteiger partial charge in [-0.2, -0.15) is 3.71 Å². The van der Waals surface area contributed by atoms with Crippen LogP contribution in [0.3, 0.4) is 0 Å². The first kappa shape index (κ1) is 23.8. The molecular weight excluding hydrogens is 474 g/mol. The van der Waals surface area contributed by atoms with E-state index in [1.807, 2.05) is 26.0 Å². The Balaban J connectivity index is 1.80. The molecule has 7 nitrogen and oxygen atoms in total. The highest BCUT2D eigenvalue weighted by molar-refractivity contribution is 8.04. The fourth-order valence-electron chi connectivity index (χ4n) is 3.73. The summed E-state index contributed by atoms with van der Waals surface area (Å²) in [5.41, 5.74) is 2.41. The molecule has 0 aromatic heterocycles. The van der Waals surface area contributed by atoms with Gasteiger partial charge in [-0.25, -0.2) is 16.8 Å². The number of hydrogen-bond donors (Lipinski definition) is 0. The molecule has 178 valence electrons. The van der Waals surface area contributed by atoms with Crippen molar-refractivity contribution in [2.24, 2.45) is 0 Å². The van der Waals surface area contributed by atoms with Gasteiger partial charge in [0.15, 0.2) is 0 Å². The lowest BCUT2D eigenvalue weighted by molar-refractivity contribution is 0.169. The molecule has 9 heteroatoms. The van der Waals surface area contributed by atoms with Crippen molar-refractivity contribution in [1.82, 2.24) is 3.71 Å². The molecule has 0 radical (unpaired) electrons. The molecule has 0 fully saturated rings. The Hall–Kier alpha value is -3.30. The number of hydrogen-bond acceptors (Lipinski definition) is 6. The summed E-state index contributed by atoms with van der Waals surface area (Å²) in [5.74, 6) is 0.566. The second-order valence-corrected chi connectivity index (χ2v) is 11.8. The molecular formula is C25H25NO6S2. The van der Waals surface area contributed by atoms with Gasteiger partial charge in [0.1, 0.15) is 18.1 Å². The molecule has 0 amide bonds. The number of nitrogens with zero attached hydrogens (tertiary/aromatic N) is 1. The highest BCUT2D eigenvalue weighted by Gasteiger charge is 2.41. The lowest BCUT2D eigenvalue weighted by atomic mass is 10.1. The predicted molar refractivity (Wildman–Crippen MR) is 128 cm³/mol. The summed E-state index contributed by atoms with van der Waals surface area (Å²) in [4.78, 5) is -0.258. The summed E-state index contributed by atoms with van der Waals surface area (Å²) >= 11 is 0. The number of benzene rings is 3. The molecule has 4 rings (SSSR count). The van der Waals surface area contributed by atoms with Gasteiger partial charge in [0.05, 0.1) is 22.6 Å². The topological polar surface area (TPSA) is 90.0 Å². The first-order chi connectivity index (χ1) is 16.1. The van der Waals surface area contributed by atoms with Crippen molar-refractivity contribution in [3.8, 4) is 5.75 Å². The second-order valence-electron chi connectivity index (χ2n) is 8.01. The Labute approximate surface area is 200 Å². The standard InChI is InChI=1S/C25H25NO6S2/c1-18-8-12-21(13-9-18)33(27,28)26(34(29,30)22-14-10-19(2)11-15-22)20-16-25(32-17-20)23-6-4-5-7-24(23)31-3/h4-15,17,25H,16H2,1-3H3. The molecule has 1 aliphatic rings. The molecule has 1 atom stereocenters. The minimum Gasteiger partial charge on any atom is -0.496 e. The van der Waals surface area contributed by atoms with E-state index in [0.29, 0.717) is 15.0 Å². The summed E-state index contributed by atoms with van der Waals surface area (Å²) < 4.78 is 66.5. The number of aryl methyl sites for hydroxylation is 2. The average molecular weight is 500 g/mol. The molecule has 1 heterocycles. The molecule has 1 unspecified atom stereocenters. The Kier molecular flexibility index (Phi) is 6.42. The molecule has 0 spiro atoms. The van der Waals surface area contributed by atoms with E-state index >= 15 is 0 Å². The zero-order chi connectivity index (χ0) is 24.5. The predicted octanol–water partition coefficient (Wildman–Crippen LogP) is 4.69. The summed E-state index contributed by atoms with van der Waals surface area (Å²) in [5, 5.41) is 0. The minimum absolute atomic E-state index is 0.0112. The summed E-state index contributed by atoms with van der Waals surface area (Å²) in [7, 11) is -7.42. The Morgan fingerprint density at radius 2 is 1.29 bits per heavy atom. The molecule has 0 saturated heterocycles. The lowest BCUT2D eigenvalue weighted by Crippen LogP contribution is -2.36. The number of methoxy groups -OCH3 is 1. The van der Waals surface area contributed by atoms with Crippen LogP contribution in [0.5, 0.6) is 5.75 Å². The monoisotopic (exact) mass is 499 g/mol. The van der Waals surface area contributed by atoms with Gasteiger partial charge in [-0.1, -0.05) is 53.6 Å². The fourth-order valence-corrected chi connectivity index (χ4v) is 7.48. The largest absolute Gasteiger partial charge is 0.496 e. The van der Waals surface area contributed by atoms with Crippen molar-refractivity contribution in [2.45, 2.75) is 36.2 Å². The van der Waals surface area contributed by atoms with Gasteiger partial charge in [-0.3, -0.25) is 0 Å². The normalized spacial score (nSPS) is 16.0. The Bertz CT molecular complexity index is 1350. The maximum atomic E-state index is 13.7. The van der Waals surface area contributed by atoms with Crippen molar-refractivity contribution in [1.29, 1.82) is 0 Å². The molecule has 34 heavy (non-hydrogen) atoms. The van der Waals surface area contributed by atoms with Gasteiger partial charge < -0.3 is 9.47 Å². The van der Waals surface area contributed by atoms with Crippen LogP contribution in [0.15, 0.2) is 94.5 Å². The molecule has 3 aromatic carbocycles. The van der Waals surface area contributed by atoms with Crippen LogP contribution in [0.25, 0.3) is 0 Å². The smallest absolute Gasteiger partial charge is 0.277 e. The van der Waals surface area contributed by atoms with E-state index in [1.54, 1.807) is 36.4 Å². The van der Waals surface area contributed by atoms with Gasteiger partial charge in [0.25, 0.3) is 20.0 Å². The van der Waals surface area contributed by atoms with Crippen LogP contribution in [0, 0.1) is 13.8 Å². The van der Waals surface area contributed by atoms with E-state index in [1.165, 1.54) is 37.6 Å². The van der Waals surface area contributed by atoms with Gasteiger partial charge in [0, 0.05) is 12.0 Å². The molecule has 3 aromatic rings. The van der Waals surface area contributed by atoms with Crippen LogP contribution in [-0.4, -0.2) is 27.7 Å². The zero-order valence-corrected chi connectivity index (χ0v) is 20.6. The van der Waals surface area contributed by atoms with Gasteiger partial charge in [0.2, 0.25) is 0 Å². The molecule has 0 saturated carbocycles. The zero-order valence-electron chi connectivity index (χ0n) is 19.0. The first-order valence-electron chi connectivity index (χ1n) is 10.6. The fraction of sp³-hybridized carbons (Fsp3) is 0.200. The van der Waals surface area contributed by atoms with Crippen molar-refractivity contribution < 1.29 is 26.3 Å². The van der Waals surface area contributed by atoms with Crippen molar-refractivity contribution in [3.63, 3.8) is 0 Å². The maximum absolute atomic E-state index is 13.7. The molecule has 1 aliphatic heterocycles. The van der Waals surface area contributed by atoms with Gasteiger partial charge in [-0.15, -0.1) is 0 Å². The van der Waals surface area contributed by atoms with E-state index in [2.05, 4.69) is 0 Å². The summed E-state index contributed by atoms with van der Waals surface area (Å²) in [6.07, 6.45) is 0.626. The first-order valence-corrected chi connectivity index (χ1v) is 13.4. The van der Waals surface area contributed by atoms with Crippen molar-refractivity contribution >= 4 is 20.0 Å². The number of sulfonamides is 2. The minimum atomic E-state index is -4.47. The van der Waals surface area contributed by atoms with Crippen LogP contribution < -0.4 is 4.74 Å². The summed E-state index contributed by atoms with van der Waals surface area (Å²) in [6.45, 7) is 3.64. The van der Waals surface area contributed by atoms with E-state index in [4.69, 9.17) is 9.47 Å². The van der Waals surface area contributed by atoms with Crippen LogP contribution in [0.2, 0.25) is 0 Å². The lowest BCUT2D eigenvalue weighted by Gasteiger charge is -2.25. The van der Waals surface area contributed by atoms with Crippen LogP contribution in [0.1, 0.15) is 29.2 Å². The average Bonchev–Trinajstić information content (AvgIpc) is 3.28. The van der Waals surface area contributed by atoms with E-state index in [9.17, 15) is 16.8 Å². The third-order valence-corrected chi connectivity index (χ3v) is 9.81. The van der Waals surface area contributed by atoms with Crippen molar-refractivity contribution in [2.75, 3.05) is 7.11 Å². The summed E-state index contributed by atoms with van der Waals surface area (Å²) in [6, 6.07) is 19.3. The van der Waals surface area contributed by atoms with E-state index in [0.717, 1.165) is 11.1 Å². The number of rotatable bonds is 7.